The first-order valence-corrected chi connectivity index (χ1v) is 21.0. The van der Waals surface area contributed by atoms with E-state index in [0.717, 1.165) is 84.2 Å². The molecule has 7 heterocycles. The number of fused-ring (bicyclic) bond motifs is 3. The molecule has 2 N–H and O–H groups in total. The van der Waals surface area contributed by atoms with Gasteiger partial charge in [0.25, 0.3) is 11.8 Å². The normalized spacial score (nSPS) is 20.3. The van der Waals surface area contributed by atoms with Crippen molar-refractivity contribution in [1.82, 2.24) is 34.4 Å². The van der Waals surface area contributed by atoms with Crippen LogP contribution in [0.15, 0.2) is 54.7 Å². The summed E-state index contributed by atoms with van der Waals surface area (Å²) in [6.45, 7) is 11.1. The molecule has 9 rings (SSSR count). The predicted molar refractivity (Wildman–Crippen MR) is 226 cm³/mol. The summed E-state index contributed by atoms with van der Waals surface area (Å²) < 4.78 is 9.50. The van der Waals surface area contributed by atoms with Crippen LogP contribution in [0, 0.1) is 12.8 Å². The number of rotatable bonds is 7. The lowest BCUT2D eigenvalue weighted by atomic mass is 9.95. The van der Waals surface area contributed by atoms with Crippen molar-refractivity contribution >= 4 is 63.0 Å². The molecular formula is C45H51N9O6. The van der Waals surface area contributed by atoms with Gasteiger partial charge >= 0.3 is 6.09 Å². The van der Waals surface area contributed by atoms with Gasteiger partial charge in [0.2, 0.25) is 11.8 Å². The molecule has 0 aliphatic carbocycles. The molecule has 4 aliphatic heterocycles. The minimum absolute atomic E-state index is 0.0620. The second-order valence-corrected chi connectivity index (χ2v) is 17.7. The fourth-order valence-electron chi connectivity index (χ4n) is 9.51. The Hall–Kier alpha value is -6.09. The first kappa shape index (κ1) is 39.4. The van der Waals surface area contributed by atoms with Crippen LogP contribution in [0.2, 0.25) is 0 Å². The molecule has 15 nitrogen and oxygen atoms in total. The Morgan fingerprint density at radius 2 is 1.75 bits per heavy atom. The van der Waals surface area contributed by atoms with Gasteiger partial charge in [0.15, 0.2) is 0 Å². The number of hydrogen-bond acceptors (Lipinski definition) is 10. The zero-order valence-electron chi connectivity index (χ0n) is 34.8. The number of piperidine rings is 2. The average molecular weight is 814 g/mol. The third-order valence-corrected chi connectivity index (χ3v) is 12.5. The molecule has 0 radical (unpaired) electrons. The van der Waals surface area contributed by atoms with Crippen molar-refractivity contribution in [1.29, 1.82) is 0 Å². The largest absolute Gasteiger partial charge is 0.443 e. The SMILES string of the molecule is Cc1nn(CC2CCN(c3cccc4c3CN(C3CCC(=O)NC3=O)C4=O)CC2)c2cc(C(=O)Nc3cc4c(cn3)cc([C@H]3CCCN3C)n4C(=O)OC(C)(C)C)ccc12. The number of ether oxygens (including phenoxy) is 1. The zero-order chi connectivity index (χ0) is 42.0. The molecule has 2 atom stereocenters. The van der Waals surface area contributed by atoms with Gasteiger partial charge < -0.3 is 19.9 Å². The molecule has 312 valence electrons. The van der Waals surface area contributed by atoms with Gasteiger partial charge in [-0.25, -0.2) is 14.3 Å². The summed E-state index contributed by atoms with van der Waals surface area (Å²) in [6.07, 6.45) is 5.56. The molecule has 4 aliphatic rings. The van der Waals surface area contributed by atoms with Gasteiger partial charge in [-0.05, 0) is 110 Å². The number of carbonyl (C=O) groups is 5. The second kappa shape index (κ2) is 15.2. The number of nitrogens with one attached hydrogen (secondary N) is 2. The molecule has 0 spiro atoms. The van der Waals surface area contributed by atoms with Gasteiger partial charge in [0.1, 0.15) is 17.5 Å². The first-order chi connectivity index (χ1) is 28.7. The highest BCUT2D eigenvalue weighted by Crippen LogP contribution is 2.38. The van der Waals surface area contributed by atoms with Crippen LogP contribution < -0.4 is 15.5 Å². The Labute approximate surface area is 348 Å². The Morgan fingerprint density at radius 3 is 2.48 bits per heavy atom. The van der Waals surface area contributed by atoms with E-state index in [9.17, 15) is 24.0 Å². The van der Waals surface area contributed by atoms with Crippen LogP contribution in [0.3, 0.4) is 0 Å². The Kier molecular flexibility index (Phi) is 9.96. The number of nitrogens with zero attached hydrogens (tertiary/aromatic N) is 7. The predicted octanol–water partition coefficient (Wildman–Crippen LogP) is 6.17. The van der Waals surface area contributed by atoms with Gasteiger partial charge in [0.05, 0.1) is 22.8 Å². The Bertz CT molecular complexity index is 2580. The highest BCUT2D eigenvalue weighted by atomic mass is 16.6. The monoisotopic (exact) mass is 813 g/mol. The zero-order valence-corrected chi connectivity index (χ0v) is 34.8. The standard InChI is InChI=1S/C45H51N9O6/c1-26-30-12-11-28(41(56)47-39-22-36-29(23-46-39)21-38(34-10-7-17-50(34)5)54(36)44(59)60-45(2,3)4)20-37(30)53(49-26)24-27-15-18-51(19-16-27)33-9-6-8-31-32(33)25-52(43(31)58)35-13-14-40(55)48-42(35)57/h6,8-9,11-12,20-23,27,34-35H,7,10,13-19,24-25H2,1-5H3,(H,46,47,56)(H,48,55,57)/t34-,35?/m1/s1. The van der Waals surface area contributed by atoms with E-state index in [1.165, 1.54) is 0 Å². The number of pyridine rings is 1. The lowest BCUT2D eigenvalue weighted by molar-refractivity contribution is -0.136. The third-order valence-electron chi connectivity index (χ3n) is 12.5. The van der Waals surface area contributed by atoms with Crippen LogP contribution in [0.4, 0.5) is 16.3 Å². The average Bonchev–Trinajstić information content (AvgIpc) is 3.97. The molecule has 3 aromatic heterocycles. The van der Waals surface area contributed by atoms with Crippen LogP contribution in [0.5, 0.6) is 0 Å². The summed E-state index contributed by atoms with van der Waals surface area (Å²) in [5.41, 5.74) is 5.58. The number of amides is 4. The van der Waals surface area contributed by atoms with E-state index in [-0.39, 0.29) is 30.2 Å². The quantitative estimate of drug-likeness (QED) is 0.182. The van der Waals surface area contributed by atoms with Crippen molar-refractivity contribution in [3.05, 3.63) is 82.8 Å². The maximum atomic E-state index is 13.8. The molecule has 4 amide bonds. The van der Waals surface area contributed by atoms with E-state index in [1.54, 1.807) is 27.8 Å². The molecule has 5 aromatic rings. The second-order valence-electron chi connectivity index (χ2n) is 17.7. The van der Waals surface area contributed by atoms with Gasteiger partial charge in [-0.2, -0.15) is 5.10 Å². The molecule has 3 fully saturated rings. The Balaban J connectivity index is 0.896. The van der Waals surface area contributed by atoms with Crippen molar-refractivity contribution in [2.75, 3.05) is 36.9 Å². The van der Waals surface area contributed by atoms with Gasteiger partial charge in [-0.15, -0.1) is 0 Å². The van der Waals surface area contributed by atoms with Crippen molar-refractivity contribution in [3.63, 3.8) is 0 Å². The molecule has 2 aromatic carbocycles. The van der Waals surface area contributed by atoms with E-state index in [0.29, 0.717) is 47.9 Å². The van der Waals surface area contributed by atoms with E-state index >= 15 is 0 Å². The van der Waals surface area contributed by atoms with Crippen molar-refractivity contribution in [3.8, 4) is 0 Å². The number of hydrogen-bond donors (Lipinski definition) is 2. The molecule has 3 saturated heterocycles. The maximum absolute atomic E-state index is 13.8. The number of benzene rings is 2. The number of imide groups is 1. The summed E-state index contributed by atoms with van der Waals surface area (Å²) in [5.74, 6) is -0.532. The smallest absolute Gasteiger partial charge is 0.419 e. The number of carbonyl (C=O) groups excluding carboxylic acids is 5. The number of aryl methyl sites for hydroxylation is 1. The van der Waals surface area contributed by atoms with Crippen molar-refractivity contribution in [2.45, 2.75) is 97.0 Å². The Morgan fingerprint density at radius 1 is 0.950 bits per heavy atom. The minimum atomic E-state index is -0.687. The summed E-state index contributed by atoms with van der Waals surface area (Å²) >= 11 is 0. The van der Waals surface area contributed by atoms with Gasteiger partial charge in [0, 0.05) is 83.7 Å². The molecule has 0 saturated carbocycles. The van der Waals surface area contributed by atoms with Gasteiger partial charge in [-0.1, -0.05) is 12.1 Å². The van der Waals surface area contributed by atoms with Crippen LogP contribution in [0.1, 0.15) is 103 Å². The minimum Gasteiger partial charge on any atom is -0.443 e. The van der Waals surface area contributed by atoms with Crippen LogP contribution in [-0.4, -0.2) is 97.2 Å². The van der Waals surface area contributed by atoms with Crippen molar-refractivity contribution in [2.24, 2.45) is 5.92 Å². The third kappa shape index (κ3) is 7.28. The molecular weight excluding hydrogens is 763 g/mol. The van der Waals surface area contributed by atoms with E-state index in [1.807, 2.05) is 62.7 Å². The molecule has 60 heavy (non-hydrogen) atoms. The fraction of sp³-hybridized carbons (Fsp3) is 0.444. The summed E-state index contributed by atoms with van der Waals surface area (Å²) in [7, 11) is 2.06. The van der Waals surface area contributed by atoms with Crippen LogP contribution in [-0.2, 0) is 27.4 Å². The summed E-state index contributed by atoms with van der Waals surface area (Å²) in [4.78, 5) is 76.1. The molecule has 0 bridgehead atoms. The highest BCUT2D eigenvalue weighted by molar-refractivity contribution is 6.07. The van der Waals surface area contributed by atoms with E-state index < -0.39 is 23.6 Å². The van der Waals surface area contributed by atoms with Crippen LogP contribution >= 0.6 is 0 Å². The van der Waals surface area contributed by atoms with E-state index in [2.05, 4.69) is 38.5 Å². The first-order valence-electron chi connectivity index (χ1n) is 21.0. The number of anilines is 2. The lowest BCUT2D eigenvalue weighted by Gasteiger charge is -2.35. The fourth-order valence-corrected chi connectivity index (χ4v) is 9.51. The van der Waals surface area contributed by atoms with E-state index in [4.69, 9.17) is 9.84 Å². The van der Waals surface area contributed by atoms with Crippen LogP contribution in [0.25, 0.3) is 21.8 Å². The summed E-state index contributed by atoms with van der Waals surface area (Å²) in [6, 6.07) is 14.6. The number of likely N-dealkylation sites (tertiary alicyclic amines) is 1. The van der Waals surface area contributed by atoms with Crippen molar-refractivity contribution < 1.29 is 28.7 Å². The molecule has 1 unspecified atom stereocenters. The summed E-state index contributed by atoms with van der Waals surface area (Å²) in [5, 5.41) is 12.0. The maximum Gasteiger partial charge on any atom is 0.419 e. The molecule has 15 heteroatoms. The topological polar surface area (TPSA) is 164 Å². The number of aromatic nitrogens is 4. The lowest BCUT2D eigenvalue weighted by Crippen LogP contribution is -2.52. The highest BCUT2D eigenvalue weighted by Gasteiger charge is 2.41. The van der Waals surface area contributed by atoms with Gasteiger partial charge in [-0.3, -0.25) is 34.1 Å².